The minimum Gasteiger partial charge on any atom is -0.0649 e. The normalized spacial score (nSPS) is 38.0. The van der Waals surface area contributed by atoms with Gasteiger partial charge in [-0.1, -0.05) is 54.4 Å². The Morgan fingerprint density at radius 1 is 1.06 bits per heavy atom. The highest BCUT2D eigenvalue weighted by molar-refractivity contribution is 5.01. The van der Waals surface area contributed by atoms with Crippen LogP contribution in [0.3, 0.4) is 0 Å². The first kappa shape index (κ1) is 14.4. The summed E-state index contributed by atoms with van der Waals surface area (Å²) in [5.41, 5.74) is 1.42. The molecule has 0 amide bonds. The standard InChI is InChI=1S/C18H34/c1-7-17(5)12-16(17)15(4)13(2)8-9-14(3)18(6)10-11-18/h13-16H,7-12H2,1-6H3. The highest BCUT2D eigenvalue weighted by Crippen LogP contribution is 2.60. The van der Waals surface area contributed by atoms with Crippen molar-refractivity contribution in [1.29, 1.82) is 0 Å². The second-order valence-corrected chi connectivity index (χ2v) is 8.29. The maximum absolute atomic E-state index is 2.51. The summed E-state index contributed by atoms with van der Waals surface area (Å²) in [7, 11) is 0. The van der Waals surface area contributed by atoms with Crippen molar-refractivity contribution in [2.24, 2.45) is 34.5 Å². The molecule has 2 rings (SSSR count). The molecule has 0 spiro atoms. The van der Waals surface area contributed by atoms with Crippen molar-refractivity contribution >= 4 is 0 Å². The SMILES string of the molecule is CCC1(C)CC1C(C)C(C)CCC(C)C1(C)CC1. The van der Waals surface area contributed by atoms with Crippen molar-refractivity contribution in [3.63, 3.8) is 0 Å². The lowest BCUT2D eigenvalue weighted by Crippen LogP contribution is -2.16. The van der Waals surface area contributed by atoms with Gasteiger partial charge >= 0.3 is 0 Å². The van der Waals surface area contributed by atoms with Gasteiger partial charge in [-0.15, -0.1) is 0 Å². The first-order chi connectivity index (χ1) is 8.32. The highest BCUT2D eigenvalue weighted by atomic mass is 14.6. The summed E-state index contributed by atoms with van der Waals surface area (Å²) in [4.78, 5) is 0. The van der Waals surface area contributed by atoms with E-state index in [9.17, 15) is 0 Å². The van der Waals surface area contributed by atoms with Gasteiger partial charge in [-0.3, -0.25) is 0 Å². The van der Waals surface area contributed by atoms with Crippen molar-refractivity contribution in [1.82, 2.24) is 0 Å². The van der Waals surface area contributed by atoms with E-state index in [1.165, 1.54) is 38.5 Å². The Labute approximate surface area is 115 Å². The maximum atomic E-state index is 2.51. The Bertz CT molecular complexity index is 288. The molecule has 0 aromatic heterocycles. The number of rotatable bonds is 7. The van der Waals surface area contributed by atoms with Gasteiger partial charge in [0.1, 0.15) is 0 Å². The first-order valence-electron chi connectivity index (χ1n) is 8.32. The zero-order chi connectivity index (χ0) is 13.6. The van der Waals surface area contributed by atoms with Gasteiger partial charge in [0, 0.05) is 0 Å². The summed E-state index contributed by atoms with van der Waals surface area (Å²) in [5, 5.41) is 0. The van der Waals surface area contributed by atoms with Crippen molar-refractivity contribution < 1.29 is 0 Å². The molecule has 0 bridgehead atoms. The fraction of sp³-hybridized carbons (Fsp3) is 1.00. The fourth-order valence-corrected chi connectivity index (χ4v) is 3.88. The monoisotopic (exact) mass is 250 g/mol. The Hall–Kier alpha value is 0. The van der Waals surface area contributed by atoms with E-state index < -0.39 is 0 Å². The molecular formula is C18H34. The molecule has 106 valence electrons. The van der Waals surface area contributed by atoms with Crippen LogP contribution in [-0.4, -0.2) is 0 Å². The van der Waals surface area contributed by atoms with Crippen LogP contribution in [0.4, 0.5) is 0 Å². The van der Waals surface area contributed by atoms with Crippen LogP contribution >= 0.6 is 0 Å². The topological polar surface area (TPSA) is 0 Å². The Balaban J connectivity index is 1.73. The summed E-state index contributed by atoms with van der Waals surface area (Å²) < 4.78 is 0. The smallest absolute Gasteiger partial charge is 0.0294 e. The number of hydrogen-bond donors (Lipinski definition) is 0. The molecule has 2 fully saturated rings. The average molecular weight is 250 g/mol. The average Bonchev–Trinajstić information content (AvgIpc) is 3.24. The fourth-order valence-electron chi connectivity index (χ4n) is 3.88. The quantitative estimate of drug-likeness (QED) is 0.527. The molecule has 0 N–H and O–H groups in total. The minimum absolute atomic E-state index is 0.696. The van der Waals surface area contributed by atoms with Crippen molar-refractivity contribution in [3.8, 4) is 0 Å². The van der Waals surface area contributed by atoms with Crippen LogP contribution in [0.2, 0.25) is 0 Å². The summed E-state index contributed by atoms with van der Waals surface area (Å²) >= 11 is 0. The molecule has 0 heteroatoms. The van der Waals surface area contributed by atoms with Gasteiger partial charge in [0.25, 0.3) is 0 Å². The molecule has 0 radical (unpaired) electrons. The van der Waals surface area contributed by atoms with Crippen LogP contribution in [0.25, 0.3) is 0 Å². The lowest BCUT2D eigenvalue weighted by atomic mass is 9.80. The molecule has 0 nitrogen and oxygen atoms in total. The zero-order valence-corrected chi connectivity index (χ0v) is 13.6. The third kappa shape index (κ3) is 2.78. The van der Waals surface area contributed by atoms with E-state index in [0.717, 1.165) is 29.1 Å². The van der Waals surface area contributed by atoms with E-state index in [1.54, 1.807) is 0 Å². The second kappa shape index (κ2) is 4.84. The van der Waals surface area contributed by atoms with Gasteiger partial charge < -0.3 is 0 Å². The summed E-state index contributed by atoms with van der Waals surface area (Å²) in [6.45, 7) is 14.8. The van der Waals surface area contributed by atoms with E-state index in [4.69, 9.17) is 0 Å². The molecule has 2 saturated carbocycles. The molecule has 0 aromatic rings. The predicted octanol–water partition coefficient (Wildman–Crippen LogP) is 5.91. The molecule has 2 aliphatic rings. The van der Waals surface area contributed by atoms with E-state index in [-0.39, 0.29) is 0 Å². The summed E-state index contributed by atoms with van der Waals surface area (Å²) in [6.07, 6.45) is 8.74. The predicted molar refractivity (Wildman–Crippen MR) is 80.6 cm³/mol. The summed E-state index contributed by atoms with van der Waals surface area (Å²) in [6, 6.07) is 0. The lowest BCUT2D eigenvalue weighted by molar-refractivity contribution is 0.246. The summed E-state index contributed by atoms with van der Waals surface area (Å²) in [5.74, 6) is 3.83. The number of hydrogen-bond acceptors (Lipinski definition) is 0. The van der Waals surface area contributed by atoms with Gasteiger partial charge in [0.15, 0.2) is 0 Å². The van der Waals surface area contributed by atoms with Crippen LogP contribution in [0, 0.1) is 34.5 Å². The Kier molecular flexibility index (Phi) is 3.87. The van der Waals surface area contributed by atoms with Crippen LogP contribution in [0.5, 0.6) is 0 Å². The third-order valence-corrected chi connectivity index (χ3v) is 7.04. The van der Waals surface area contributed by atoms with Crippen molar-refractivity contribution in [2.45, 2.75) is 80.1 Å². The minimum atomic E-state index is 0.696. The van der Waals surface area contributed by atoms with Gasteiger partial charge in [-0.2, -0.15) is 0 Å². The van der Waals surface area contributed by atoms with Gasteiger partial charge in [0.05, 0.1) is 0 Å². The van der Waals surface area contributed by atoms with E-state index >= 15 is 0 Å². The molecule has 0 aromatic carbocycles. The molecule has 5 unspecified atom stereocenters. The van der Waals surface area contributed by atoms with Gasteiger partial charge in [-0.05, 0) is 60.2 Å². The molecular weight excluding hydrogens is 216 g/mol. The first-order valence-corrected chi connectivity index (χ1v) is 8.32. The van der Waals surface area contributed by atoms with Crippen molar-refractivity contribution in [2.75, 3.05) is 0 Å². The maximum Gasteiger partial charge on any atom is -0.0294 e. The van der Waals surface area contributed by atoms with Crippen LogP contribution in [0.15, 0.2) is 0 Å². The lowest BCUT2D eigenvalue weighted by Gasteiger charge is -2.25. The molecule has 0 heterocycles. The molecule has 2 aliphatic carbocycles. The second-order valence-electron chi connectivity index (χ2n) is 8.29. The van der Waals surface area contributed by atoms with Crippen LogP contribution in [0.1, 0.15) is 80.1 Å². The van der Waals surface area contributed by atoms with Crippen molar-refractivity contribution in [3.05, 3.63) is 0 Å². The Morgan fingerprint density at radius 2 is 1.67 bits per heavy atom. The van der Waals surface area contributed by atoms with Crippen LogP contribution in [-0.2, 0) is 0 Å². The van der Waals surface area contributed by atoms with Crippen LogP contribution < -0.4 is 0 Å². The van der Waals surface area contributed by atoms with Gasteiger partial charge in [-0.25, -0.2) is 0 Å². The Morgan fingerprint density at radius 3 is 2.11 bits per heavy atom. The van der Waals surface area contributed by atoms with E-state index in [0.29, 0.717) is 5.41 Å². The third-order valence-electron chi connectivity index (χ3n) is 7.04. The molecule has 5 atom stereocenters. The zero-order valence-electron chi connectivity index (χ0n) is 13.6. The largest absolute Gasteiger partial charge is 0.0649 e. The molecule has 18 heavy (non-hydrogen) atoms. The van der Waals surface area contributed by atoms with E-state index in [1.807, 2.05) is 0 Å². The molecule has 0 aliphatic heterocycles. The highest BCUT2D eigenvalue weighted by Gasteiger charge is 2.51. The molecule has 0 saturated heterocycles. The van der Waals surface area contributed by atoms with Gasteiger partial charge in [0.2, 0.25) is 0 Å². The van der Waals surface area contributed by atoms with E-state index in [2.05, 4.69) is 41.5 Å².